The van der Waals surface area contributed by atoms with Gasteiger partial charge in [0.1, 0.15) is 6.04 Å². The van der Waals surface area contributed by atoms with Gasteiger partial charge in [-0.3, -0.25) is 9.59 Å². The molecule has 2 saturated heterocycles. The third-order valence-electron chi connectivity index (χ3n) is 6.13. The average molecular weight is 493 g/mol. The molecule has 12 heteroatoms. The van der Waals surface area contributed by atoms with E-state index in [1.54, 1.807) is 4.90 Å². The molecule has 1 atom stereocenters. The van der Waals surface area contributed by atoms with Crippen LogP contribution in [0.5, 0.6) is 0 Å². The largest absolute Gasteiger partial charge is 0.451 e. The van der Waals surface area contributed by atoms with Crippen LogP contribution in [0.3, 0.4) is 0 Å². The SMILES string of the molecule is O=C(NCc1ccccc1)C1CCCN1c1nc2c(=O)n(N3CCCC3)c(C(F)(F)F)nc2s1. The molecular formula is C22H23F3N6O2S. The lowest BCUT2D eigenvalue weighted by Gasteiger charge is -2.23. The molecule has 2 aliphatic heterocycles. The van der Waals surface area contributed by atoms with Crippen molar-refractivity contribution in [1.29, 1.82) is 0 Å². The van der Waals surface area contributed by atoms with Crippen molar-refractivity contribution >= 4 is 32.7 Å². The van der Waals surface area contributed by atoms with E-state index in [9.17, 15) is 22.8 Å². The number of rotatable bonds is 5. The Morgan fingerprint density at radius 2 is 1.82 bits per heavy atom. The van der Waals surface area contributed by atoms with E-state index >= 15 is 0 Å². The maximum Gasteiger partial charge on any atom is 0.451 e. The van der Waals surface area contributed by atoms with E-state index in [2.05, 4.69) is 15.3 Å². The van der Waals surface area contributed by atoms with Crippen molar-refractivity contribution in [3.8, 4) is 0 Å². The monoisotopic (exact) mass is 492 g/mol. The van der Waals surface area contributed by atoms with E-state index in [4.69, 9.17) is 0 Å². The van der Waals surface area contributed by atoms with Gasteiger partial charge in [0.05, 0.1) is 0 Å². The molecule has 1 amide bonds. The Balaban J connectivity index is 1.46. The van der Waals surface area contributed by atoms with Gasteiger partial charge in [-0.05, 0) is 31.2 Å². The minimum atomic E-state index is -4.78. The van der Waals surface area contributed by atoms with Gasteiger partial charge in [-0.25, -0.2) is 9.97 Å². The molecule has 34 heavy (non-hydrogen) atoms. The van der Waals surface area contributed by atoms with Gasteiger partial charge < -0.3 is 15.2 Å². The predicted octanol–water partition coefficient (Wildman–Crippen LogP) is 2.89. The van der Waals surface area contributed by atoms with E-state index in [1.807, 2.05) is 30.3 Å². The lowest BCUT2D eigenvalue weighted by Crippen LogP contribution is -2.44. The first kappa shape index (κ1) is 22.6. The molecule has 0 spiro atoms. The Kier molecular flexibility index (Phi) is 5.92. The fourth-order valence-corrected chi connectivity index (χ4v) is 5.50. The Hall–Kier alpha value is -3.15. The zero-order chi connectivity index (χ0) is 23.9. The zero-order valence-corrected chi connectivity index (χ0v) is 19.0. The first-order valence-electron chi connectivity index (χ1n) is 11.2. The highest BCUT2D eigenvalue weighted by molar-refractivity contribution is 7.21. The lowest BCUT2D eigenvalue weighted by atomic mass is 10.2. The molecule has 2 aliphatic rings. The van der Waals surface area contributed by atoms with Crippen LogP contribution in [0, 0.1) is 0 Å². The molecule has 2 aromatic heterocycles. The molecule has 8 nitrogen and oxygen atoms in total. The fraction of sp³-hybridized carbons (Fsp3) is 0.455. The van der Waals surface area contributed by atoms with Gasteiger partial charge in [-0.2, -0.15) is 17.8 Å². The number of thiazole rings is 1. The molecule has 180 valence electrons. The van der Waals surface area contributed by atoms with Crippen LogP contribution in [-0.2, 0) is 17.5 Å². The normalized spacial score (nSPS) is 18.7. The van der Waals surface area contributed by atoms with Gasteiger partial charge in [0.25, 0.3) is 5.56 Å². The van der Waals surface area contributed by atoms with E-state index in [0.29, 0.717) is 55.2 Å². The molecule has 0 saturated carbocycles. The van der Waals surface area contributed by atoms with Gasteiger partial charge in [0.15, 0.2) is 15.5 Å². The smallest absolute Gasteiger partial charge is 0.350 e. The first-order chi connectivity index (χ1) is 16.3. The number of nitrogens with one attached hydrogen (secondary N) is 1. The summed E-state index contributed by atoms with van der Waals surface area (Å²) in [5, 5.41) is 4.64. The van der Waals surface area contributed by atoms with Crippen molar-refractivity contribution in [2.45, 2.75) is 44.4 Å². The molecule has 0 radical (unpaired) electrons. The molecule has 1 aromatic carbocycles. The van der Waals surface area contributed by atoms with Crippen molar-refractivity contribution in [2.75, 3.05) is 29.5 Å². The maximum absolute atomic E-state index is 13.8. The molecular weight excluding hydrogens is 469 g/mol. The van der Waals surface area contributed by atoms with Crippen LogP contribution in [-0.4, -0.2) is 46.2 Å². The second-order valence-electron chi connectivity index (χ2n) is 8.42. The Labute approximate surface area is 197 Å². The topological polar surface area (TPSA) is 83.4 Å². The van der Waals surface area contributed by atoms with Crippen LogP contribution in [0.2, 0.25) is 0 Å². The Morgan fingerprint density at radius 1 is 1.09 bits per heavy atom. The number of aromatic nitrogens is 3. The quantitative estimate of drug-likeness (QED) is 0.590. The van der Waals surface area contributed by atoms with E-state index < -0.39 is 23.6 Å². The summed E-state index contributed by atoms with van der Waals surface area (Å²) in [7, 11) is 0. The minimum absolute atomic E-state index is 0.0712. The van der Waals surface area contributed by atoms with Crippen LogP contribution in [0.4, 0.5) is 18.3 Å². The summed E-state index contributed by atoms with van der Waals surface area (Å²) < 4.78 is 42.0. The third-order valence-corrected chi connectivity index (χ3v) is 7.12. The number of anilines is 1. The van der Waals surface area contributed by atoms with Crippen molar-refractivity contribution in [3.05, 3.63) is 52.1 Å². The summed E-state index contributed by atoms with van der Waals surface area (Å²) in [5.74, 6) is -1.42. The number of halogens is 3. The molecule has 2 fully saturated rings. The average Bonchev–Trinajstić information content (AvgIpc) is 3.57. The Morgan fingerprint density at radius 3 is 2.53 bits per heavy atom. The van der Waals surface area contributed by atoms with Gasteiger partial charge >= 0.3 is 6.18 Å². The minimum Gasteiger partial charge on any atom is -0.350 e. The molecule has 1 unspecified atom stereocenters. The predicted molar refractivity (Wildman–Crippen MR) is 123 cm³/mol. The second kappa shape index (κ2) is 8.90. The standard InChI is InChI=1S/C22H23F3N6O2S/c23-22(24,25)20-28-18-16(19(33)31(20)29-10-4-5-11-29)27-21(34-18)30-12-6-9-15(30)17(32)26-13-14-7-2-1-3-8-14/h1-3,7-8,15H,4-6,9-13H2,(H,26,32). The van der Waals surface area contributed by atoms with Crippen LogP contribution in [0.1, 0.15) is 37.1 Å². The maximum atomic E-state index is 13.8. The highest BCUT2D eigenvalue weighted by Gasteiger charge is 2.40. The van der Waals surface area contributed by atoms with Gasteiger partial charge in [0, 0.05) is 26.2 Å². The molecule has 0 bridgehead atoms. The molecule has 5 rings (SSSR count). The number of amides is 1. The number of nitrogens with zero attached hydrogens (tertiary/aromatic N) is 5. The number of carbonyl (C=O) groups is 1. The highest BCUT2D eigenvalue weighted by atomic mass is 32.1. The lowest BCUT2D eigenvalue weighted by molar-refractivity contribution is -0.148. The van der Waals surface area contributed by atoms with Crippen molar-refractivity contribution < 1.29 is 18.0 Å². The Bertz CT molecular complexity index is 1250. The van der Waals surface area contributed by atoms with Gasteiger partial charge in [-0.1, -0.05) is 41.7 Å². The fourth-order valence-electron chi connectivity index (χ4n) is 4.50. The number of hydrogen-bond acceptors (Lipinski definition) is 7. The van der Waals surface area contributed by atoms with Crippen LogP contribution < -0.4 is 20.8 Å². The van der Waals surface area contributed by atoms with Crippen molar-refractivity contribution in [2.24, 2.45) is 0 Å². The van der Waals surface area contributed by atoms with Crippen LogP contribution in [0.25, 0.3) is 10.3 Å². The van der Waals surface area contributed by atoms with E-state index in [-0.39, 0.29) is 16.3 Å². The third kappa shape index (κ3) is 4.22. The van der Waals surface area contributed by atoms with E-state index in [0.717, 1.165) is 23.3 Å². The molecule has 4 heterocycles. The van der Waals surface area contributed by atoms with Gasteiger partial charge in [0.2, 0.25) is 11.7 Å². The van der Waals surface area contributed by atoms with Crippen molar-refractivity contribution in [1.82, 2.24) is 20.0 Å². The summed E-state index contributed by atoms with van der Waals surface area (Å²) in [5.41, 5.74) is 0.0352. The molecule has 0 aliphatic carbocycles. The van der Waals surface area contributed by atoms with Crippen LogP contribution in [0.15, 0.2) is 35.1 Å². The number of hydrogen-bond donors (Lipinski definition) is 1. The molecule has 3 aromatic rings. The van der Waals surface area contributed by atoms with Crippen molar-refractivity contribution in [3.63, 3.8) is 0 Å². The number of carbonyl (C=O) groups excluding carboxylic acids is 1. The summed E-state index contributed by atoms with van der Waals surface area (Å²) in [6.07, 6.45) is -2.04. The summed E-state index contributed by atoms with van der Waals surface area (Å²) in [6, 6.07) is 8.99. The second-order valence-corrected chi connectivity index (χ2v) is 9.37. The van der Waals surface area contributed by atoms with Gasteiger partial charge in [-0.15, -0.1) is 0 Å². The summed E-state index contributed by atoms with van der Waals surface area (Å²) in [6.45, 7) is 1.60. The summed E-state index contributed by atoms with van der Waals surface area (Å²) in [4.78, 5) is 35.9. The van der Waals surface area contributed by atoms with Crippen LogP contribution >= 0.6 is 11.3 Å². The number of benzene rings is 1. The highest BCUT2D eigenvalue weighted by Crippen LogP contribution is 2.34. The first-order valence-corrected chi connectivity index (χ1v) is 12.0. The number of alkyl halides is 3. The molecule has 1 N–H and O–H groups in total. The van der Waals surface area contributed by atoms with E-state index in [1.165, 1.54) is 5.01 Å². The summed E-state index contributed by atoms with van der Waals surface area (Å²) >= 11 is 0.918. The zero-order valence-electron chi connectivity index (χ0n) is 18.2. The number of fused-ring (bicyclic) bond motifs is 1.